The Morgan fingerprint density at radius 2 is 0.829 bits per heavy atom. The van der Waals surface area contributed by atoms with Crippen molar-refractivity contribution in [1.29, 1.82) is 10.5 Å². The Hall–Kier alpha value is -6.28. The van der Waals surface area contributed by atoms with Crippen LogP contribution in [-0.2, 0) is 52.6 Å². The number of esters is 2. The second-order valence-electron chi connectivity index (χ2n) is 17.3. The largest absolute Gasteiger partial charge is 0.484 e. The van der Waals surface area contributed by atoms with Crippen LogP contribution in [0.1, 0.15) is 59.1 Å². The smallest absolute Gasteiger partial charge is 0.337 e. The van der Waals surface area contributed by atoms with Gasteiger partial charge < -0.3 is 18.9 Å². The van der Waals surface area contributed by atoms with Gasteiger partial charge in [0.05, 0.1) is 34.4 Å². The molecule has 2 aliphatic heterocycles. The Morgan fingerprint density at radius 1 is 0.500 bits per heavy atom. The van der Waals surface area contributed by atoms with Gasteiger partial charge in [0.15, 0.2) is 0 Å². The quantitative estimate of drug-likeness (QED) is 0.124. The minimum atomic E-state index is -0.593. The maximum Gasteiger partial charge on any atom is 0.337 e. The Bertz CT molecular complexity index is 2930. The van der Waals surface area contributed by atoms with Crippen LogP contribution in [0.3, 0.4) is 0 Å². The van der Waals surface area contributed by atoms with Crippen LogP contribution >= 0.6 is 63.7 Å². The summed E-state index contributed by atoms with van der Waals surface area (Å²) in [5.74, 6) is 0.249. The zero-order valence-electron chi connectivity index (χ0n) is 37.4. The van der Waals surface area contributed by atoms with E-state index in [2.05, 4.69) is 75.9 Å². The van der Waals surface area contributed by atoms with Crippen LogP contribution in [0, 0.1) is 22.7 Å². The third-order valence-electron chi connectivity index (χ3n) is 13.2. The van der Waals surface area contributed by atoms with Crippen LogP contribution in [0.25, 0.3) is 11.5 Å². The highest BCUT2D eigenvalue weighted by Crippen LogP contribution is 2.54. The normalized spacial score (nSPS) is 20.9. The first-order valence-corrected chi connectivity index (χ1v) is 25.7. The minimum Gasteiger partial charge on any atom is -0.484 e. The van der Waals surface area contributed by atoms with Gasteiger partial charge in [0.2, 0.25) is 0 Å². The van der Waals surface area contributed by atoms with Crippen LogP contribution in [0.5, 0.6) is 0 Å². The van der Waals surface area contributed by atoms with Gasteiger partial charge in [-0.15, -0.1) is 0 Å². The highest BCUT2D eigenvalue weighted by molar-refractivity contribution is 9.11. The molecule has 4 bridgehead atoms. The molecule has 0 aromatic heterocycles. The molecule has 2 heterocycles. The van der Waals surface area contributed by atoms with E-state index in [1.54, 1.807) is 0 Å². The van der Waals surface area contributed by atoms with Crippen LogP contribution < -0.4 is 0 Å². The second kappa shape index (κ2) is 21.4. The van der Waals surface area contributed by atoms with Gasteiger partial charge in [-0.3, -0.25) is 0 Å². The molecule has 348 valence electrons. The number of nitrogens with zero attached hydrogens (tertiary/aromatic N) is 2. The second-order valence-corrected chi connectivity index (χ2v) is 21.0. The predicted octanol–water partition coefficient (Wildman–Crippen LogP) is 14.5. The van der Waals surface area contributed by atoms with E-state index in [0.717, 1.165) is 51.3 Å². The molecule has 4 atom stereocenters. The number of carbonyl (C=O) groups excluding carboxylic acids is 2. The molecule has 10 rings (SSSR count). The lowest BCUT2D eigenvalue weighted by Gasteiger charge is -2.45. The number of rotatable bonds is 10. The lowest BCUT2D eigenvalue weighted by atomic mass is 9.63. The van der Waals surface area contributed by atoms with E-state index in [9.17, 15) is 20.1 Å². The summed E-state index contributed by atoms with van der Waals surface area (Å²) in [6.45, 7) is 0.390. The molecule has 0 saturated carbocycles. The van der Waals surface area contributed by atoms with E-state index in [1.807, 2.05) is 170 Å². The summed E-state index contributed by atoms with van der Waals surface area (Å²) in [6.07, 6.45) is 4.73. The molecular formula is C58H42Br4N2O6. The lowest BCUT2D eigenvalue weighted by molar-refractivity contribution is -0.142. The summed E-state index contributed by atoms with van der Waals surface area (Å²) in [5, 5.41) is 20.7. The van der Waals surface area contributed by atoms with Gasteiger partial charge in [-0.05, 0) is 83.6 Å². The standard InChI is InChI=1S/2C29H21Br2NO3/c2*30-22-10-6-20(7-11-22)27-25(17-32)29(21-8-12-23(31)13-9-21)15-14-24(26(16-29)35-27)28(33)34-18-19-4-2-1-3-5-19/h2*1-14,26H,15-16,18H2/t2*26-,29-/m10/s1. The molecule has 6 aromatic rings. The molecular weight excluding hydrogens is 1140 g/mol. The molecule has 12 heteroatoms. The van der Waals surface area contributed by atoms with E-state index < -0.39 is 23.0 Å². The number of ether oxygens (including phenoxy) is 4. The van der Waals surface area contributed by atoms with Gasteiger partial charge in [0.25, 0.3) is 0 Å². The zero-order chi connectivity index (χ0) is 48.8. The summed E-state index contributed by atoms with van der Waals surface area (Å²) in [7, 11) is 0. The summed E-state index contributed by atoms with van der Waals surface area (Å²) in [6, 6.07) is 55.5. The van der Waals surface area contributed by atoms with E-state index in [4.69, 9.17) is 18.9 Å². The maximum atomic E-state index is 13.1. The van der Waals surface area contributed by atoms with Crippen LogP contribution in [0.2, 0.25) is 0 Å². The van der Waals surface area contributed by atoms with Crippen molar-refractivity contribution in [3.63, 3.8) is 0 Å². The van der Waals surface area contributed by atoms with Crippen molar-refractivity contribution in [3.8, 4) is 12.1 Å². The van der Waals surface area contributed by atoms with E-state index >= 15 is 0 Å². The van der Waals surface area contributed by atoms with Crippen molar-refractivity contribution >= 4 is 87.2 Å². The molecule has 8 nitrogen and oxygen atoms in total. The highest BCUT2D eigenvalue weighted by atomic mass is 79.9. The van der Waals surface area contributed by atoms with Crippen molar-refractivity contribution < 1.29 is 28.5 Å². The fourth-order valence-electron chi connectivity index (χ4n) is 9.59. The van der Waals surface area contributed by atoms with Crippen molar-refractivity contribution in [2.24, 2.45) is 0 Å². The Balaban J connectivity index is 0.000000174. The lowest BCUT2D eigenvalue weighted by Crippen LogP contribution is -2.43. The number of nitriles is 2. The van der Waals surface area contributed by atoms with Gasteiger partial charge in [-0.2, -0.15) is 10.5 Å². The highest BCUT2D eigenvalue weighted by Gasteiger charge is 2.51. The number of carbonyl (C=O) groups is 2. The molecule has 70 heavy (non-hydrogen) atoms. The monoisotopic (exact) mass is 1180 g/mol. The van der Waals surface area contributed by atoms with Gasteiger partial charge in [-0.1, -0.05) is 185 Å². The topological polar surface area (TPSA) is 119 Å². The van der Waals surface area contributed by atoms with E-state index in [-0.39, 0.29) is 25.2 Å². The number of hydrogen-bond acceptors (Lipinski definition) is 8. The fraction of sp³-hybridized carbons (Fsp3) is 0.172. The number of fused-ring (bicyclic) bond motifs is 4. The summed E-state index contributed by atoms with van der Waals surface area (Å²) >= 11 is 14.0. The van der Waals surface area contributed by atoms with E-state index in [0.29, 0.717) is 59.5 Å². The molecule has 0 radical (unpaired) electrons. The van der Waals surface area contributed by atoms with Crippen LogP contribution in [0.4, 0.5) is 0 Å². The molecule has 0 N–H and O–H groups in total. The van der Waals surface area contributed by atoms with Gasteiger partial charge in [-0.25, -0.2) is 9.59 Å². The van der Waals surface area contributed by atoms with Crippen molar-refractivity contribution in [2.45, 2.75) is 61.9 Å². The number of halogens is 4. The van der Waals surface area contributed by atoms with Gasteiger partial charge >= 0.3 is 11.9 Å². The molecule has 0 amide bonds. The number of allylic oxidation sites excluding steroid dienone is 4. The summed E-state index contributed by atoms with van der Waals surface area (Å²) in [4.78, 5) is 26.3. The zero-order valence-corrected chi connectivity index (χ0v) is 43.8. The average Bonchev–Trinajstić information content (AvgIpc) is 3.38. The summed E-state index contributed by atoms with van der Waals surface area (Å²) in [5.41, 5.74) is 6.46. The molecule has 0 spiro atoms. The molecule has 0 fully saturated rings. The van der Waals surface area contributed by atoms with Crippen LogP contribution in [0.15, 0.2) is 210 Å². The summed E-state index contributed by atoms with van der Waals surface area (Å²) < 4.78 is 27.9. The van der Waals surface area contributed by atoms with Gasteiger partial charge in [0.1, 0.15) is 36.9 Å². The average molecular weight is 1180 g/mol. The number of benzene rings is 6. The van der Waals surface area contributed by atoms with Crippen molar-refractivity contribution in [3.05, 3.63) is 243 Å². The Morgan fingerprint density at radius 3 is 1.16 bits per heavy atom. The fourth-order valence-corrected chi connectivity index (χ4v) is 10.6. The molecule has 6 aromatic carbocycles. The van der Waals surface area contributed by atoms with Crippen molar-refractivity contribution in [1.82, 2.24) is 0 Å². The minimum absolute atomic E-state index is 0.195. The molecule has 2 aliphatic carbocycles. The first kappa shape index (κ1) is 48.7. The SMILES string of the molecule is N#CC1=C(c2ccc(Br)cc2)O[C@@H]2C[C@@]1(c1ccc(Br)cc1)CC=C2C(=O)OCc1ccccc1.N#CC1=C(c2ccc(Br)cc2)O[C@H]2C[C@]1(c1ccc(Br)cc1)CC=C2C(=O)OCc1ccccc1. The van der Waals surface area contributed by atoms with Gasteiger partial charge in [0, 0.05) is 52.7 Å². The Kier molecular flexibility index (Phi) is 14.9. The van der Waals surface area contributed by atoms with Crippen molar-refractivity contribution in [2.75, 3.05) is 0 Å². The maximum absolute atomic E-state index is 13.1. The third-order valence-corrected chi connectivity index (χ3v) is 15.3. The molecule has 0 unspecified atom stereocenters. The van der Waals surface area contributed by atoms with E-state index in [1.165, 1.54) is 0 Å². The predicted molar refractivity (Wildman–Crippen MR) is 282 cm³/mol. The number of hydrogen-bond donors (Lipinski definition) is 0. The van der Waals surface area contributed by atoms with Crippen LogP contribution in [-0.4, -0.2) is 24.1 Å². The first-order valence-electron chi connectivity index (χ1n) is 22.5. The molecule has 4 aliphatic rings. The third kappa shape index (κ3) is 10.2. The molecule has 0 saturated heterocycles. The first-order chi connectivity index (χ1) is 34.0. The Labute approximate surface area is 440 Å².